The van der Waals surface area contributed by atoms with Gasteiger partial charge in [0.25, 0.3) is 5.89 Å². The minimum absolute atomic E-state index is 0.311. The summed E-state index contributed by atoms with van der Waals surface area (Å²) < 4.78 is 4.95. The van der Waals surface area contributed by atoms with Crippen LogP contribution in [0.5, 0.6) is 0 Å². The third kappa shape index (κ3) is 1.18. The Kier molecular flexibility index (Phi) is 1.73. The molecule has 16 heavy (non-hydrogen) atoms. The molecule has 0 aliphatic heterocycles. The quantitative estimate of drug-likeness (QED) is 0.650. The number of hydrogen-bond donors (Lipinski definition) is 2. The third-order valence-electron chi connectivity index (χ3n) is 2.58. The molecule has 0 atom stereocenters. The molecule has 5 heteroatoms. The summed E-state index contributed by atoms with van der Waals surface area (Å²) in [6, 6.07) is 5.94. The van der Waals surface area contributed by atoms with Crippen molar-refractivity contribution >= 4 is 10.9 Å². The molecular formula is C11H9N3O2. The Morgan fingerprint density at radius 3 is 3.00 bits per heavy atom. The maximum atomic E-state index is 10.9. The molecule has 5 nitrogen and oxygen atoms in total. The summed E-state index contributed by atoms with van der Waals surface area (Å²) in [6.45, 7) is 2.00. The van der Waals surface area contributed by atoms with Crippen molar-refractivity contribution < 1.29 is 4.42 Å². The Morgan fingerprint density at radius 1 is 1.38 bits per heavy atom. The highest BCUT2D eigenvalue weighted by atomic mass is 16.4. The van der Waals surface area contributed by atoms with Gasteiger partial charge in [-0.05, 0) is 18.6 Å². The van der Waals surface area contributed by atoms with E-state index in [1.807, 2.05) is 25.1 Å². The number of H-pyrrole nitrogens is 2. The summed E-state index contributed by atoms with van der Waals surface area (Å²) >= 11 is 0. The number of benzene rings is 1. The lowest BCUT2D eigenvalue weighted by Gasteiger charge is -1.97. The SMILES string of the molecule is Cc1cccc2[nH]cc(-c3n[nH]c(=O)o3)c12. The van der Waals surface area contributed by atoms with Gasteiger partial charge < -0.3 is 9.40 Å². The summed E-state index contributed by atoms with van der Waals surface area (Å²) in [7, 11) is 0. The van der Waals surface area contributed by atoms with Crippen LogP contribution in [0.1, 0.15) is 5.56 Å². The van der Waals surface area contributed by atoms with Gasteiger partial charge >= 0.3 is 5.76 Å². The summed E-state index contributed by atoms with van der Waals surface area (Å²) in [5.41, 5.74) is 2.91. The van der Waals surface area contributed by atoms with Crippen LogP contribution in [-0.2, 0) is 0 Å². The highest BCUT2D eigenvalue weighted by Crippen LogP contribution is 2.28. The first kappa shape index (κ1) is 8.96. The average molecular weight is 215 g/mol. The Labute approximate surface area is 90.1 Å². The number of aromatic nitrogens is 3. The van der Waals surface area contributed by atoms with Gasteiger partial charge in [0.2, 0.25) is 0 Å². The van der Waals surface area contributed by atoms with Gasteiger partial charge in [0.15, 0.2) is 0 Å². The number of aromatic amines is 2. The monoisotopic (exact) mass is 215 g/mol. The lowest BCUT2D eigenvalue weighted by atomic mass is 10.1. The van der Waals surface area contributed by atoms with Crippen LogP contribution in [0.15, 0.2) is 33.6 Å². The molecule has 3 rings (SSSR count). The molecule has 0 saturated heterocycles. The second-order valence-corrected chi connectivity index (χ2v) is 3.62. The van der Waals surface area contributed by atoms with Gasteiger partial charge in [-0.2, -0.15) is 0 Å². The van der Waals surface area contributed by atoms with E-state index in [4.69, 9.17) is 4.42 Å². The standard InChI is InChI=1S/C11H9N3O2/c1-6-3-2-4-8-9(6)7(5-12-8)10-13-14-11(15)16-10/h2-5,12H,1H3,(H,14,15). The zero-order valence-corrected chi connectivity index (χ0v) is 8.57. The molecule has 0 bridgehead atoms. The summed E-state index contributed by atoms with van der Waals surface area (Å²) in [5, 5.41) is 7.11. The fourth-order valence-corrected chi connectivity index (χ4v) is 1.88. The first-order valence-electron chi connectivity index (χ1n) is 4.88. The molecule has 0 aliphatic rings. The third-order valence-corrected chi connectivity index (χ3v) is 2.58. The van der Waals surface area contributed by atoms with E-state index in [2.05, 4.69) is 15.2 Å². The molecule has 0 aliphatic carbocycles. The normalized spacial score (nSPS) is 11.1. The van der Waals surface area contributed by atoms with Crippen molar-refractivity contribution in [1.29, 1.82) is 0 Å². The van der Waals surface area contributed by atoms with Crippen LogP contribution in [0.4, 0.5) is 0 Å². The molecule has 2 aromatic heterocycles. The van der Waals surface area contributed by atoms with Crippen LogP contribution in [-0.4, -0.2) is 15.2 Å². The van der Waals surface area contributed by atoms with Gasteiger partial charge in [-0.1, -0.05) is 12.1 Å². The molecule has 2 heterocycles. The van der Waals surface area contributed by atoms with Gasteiger partial charge in [-0.3, -0.25) is 0 Å². The first-order chi connectivity index (χ1) is 7.75. The Balaban J connectivity index is 2.36. The molecule has 2 N–H and O–H groups in total. The fraction of sp³-hybridized carbons (Fsp3) is 0.0909. The molecule has 1 aromatic carbocycles. The predicted octanol–water partition coefficient (Wildman–Crippen LogP) is 1.82. The highest BCUT2D eigenvalue weighted by Gasteiger charge is 2.12. The second-order valence-electron chi connectivity index (χ2n) is 3.62. The van der Waals surface area contributed by atoms with Crippen LogP contribution >= 0.6 is 0 Å². The van der Waals surface area contributed by atoms with Crippen LogP contribution in [0.3, 0.4) is 0 Å². The number of aryl methyl sites for hydroxylation is 1. The van der Waals surface area contributed by atoms with E-state index in [1.165, 1.54) is 0 Å². The van der Waals surface area contributed by atoms with Crippen LogP contribution in [0.2, 0.25) is 0 Å². The molecule has 0 fully saturated rings. The maximum absolute atomic E-state index is 10.9. The number of hydrogen-bond acceptors (Lipinski definition) is 3. The number of rotatable bonds is 1. The van der Waals surface area contributed by atoms with Crippen molar-refractivity contribution in [3.63, 3.8) is 0 Å². The smallest absolute Gasteiger partial charge is 0.388 e. The van der Waals surface area contributed by atoms with Gasteiger partial charge in [-0.25, -0.2) is 9.89 Å². The van der Waals surface area contributed by atoms with Gasteiger partial charge in [0.05, 0.1) is 5.56 Å². The Hall–Kier alpha value is -2.30. The highest BCUT2D eigenvalue weighted by molar-refractivity contribution is 5.95. The lowest BCUT2D eigenvalue weighted by Crippen LogP contribution is -1.93. The van der Waals surface area contributed by atoms with E-state index in [9.17, 15) is 4.79 Å². The van der Waals surface area contributed by atoms with E-state index in [0.29, 0.717) is 5.89 Å². The van der Waals surface area contributed by atoms with E-state index in [-0.39, 0.29) is 0 Å². The summed E-state index contributed by atoms with van der Waals surface area (Å²) in [5.74, 6) is -0.233. The molecule has 3 aromatic rings. The topological polar surface area (TPSA) is 74.7 Å². The van der Waals surface area contributed by atoms with E-state index in [1.54, 1.807) is 6.20 Å². The molecule has 0 radical (unpaired) electrons. The van der Waals surface area contributed by atoms with E-state index >= 15 is 0 Å². The van der Waals surface area contributed by atoms with Crippen molar-refractivity contribution in [3.8, 4) is 11.5 Å². The van der Waals surface area contributed by atoms with E-state index < -0.39 is 5.76 Å². The zero-order chi connectivity index (χ0) is 11.1. The second kappa shape index (κ2) is 3.10. The number of fused-ring (bicyclic) bond motifs is 1. The van der Waals surface area contributed by atoms with Crippen LogP contribution in [0, 0.1) is 6.92 Å². The first-order valence-corrected chi connectivity index (χ1v) is 4.88. The number of nitrogens with one attached hydrogen (secondary N) is 2. The van der Waals surface area contributed by atoms with Gasteiger partial charge in [0, 0.05) is 17.1 Å². The lowest BCUT2D eigenvalue weighted by molar-refractivity contribution is 0.527. The maximum Gasteiger partial charge on any atom is 0.434 e. The largest absolute Gasteiger partial charge is 0.434 e. The Bertz CT molecular complexity index is 705. The molecule has 0 amide bonds. The van der Waals surface area contributed by atoms with Crippen LogP contribution in [0.25, 0.3) is 22.4 Å². The van der Waals surface area contributed by atoms with Crippen molar-refractivity contribution in [2.75, 3.05) is 0 Å². The molecule has 80 valence electrons. The zero-order valence-electron chi connectivity index (χ0n) is 8.57. The fourth-order valence-electron chi connectivity index (χ4n) is 1.88. The molecule has 0 saturated carbocycles. The predicted molar refractivity (Wildman–Crippen MR) is 59.2 cm³/mol. The van der Waals surface area contributed by atoms with Crippen molar-refractivity contribution in [2.24, 2.45) is 0 Å². The average Bonchev–Trinajstić information content (AvgIpc) is 2.84. The molecule has 0 unspecified atom stereocenters. The van der Waals surface area contributed by atoms with E-state index in [0.717, 1.165) is 22.0 Å². The number of nitrogens with zero attached hydrogens (tertiary/aromatic N) is 1. The minimum Gasteiger partial charge on any atom is -0.388 e. The van der Waals surface area contributed by atoms with Gasteiger partial charge in [-0.15, -0.1) is 5.10 Å². The summed E-state index contributed by atoms with van der Waals surface area (Å²) in [6.07, 6.45) is 1.79. The van der Waals surface area contributed by atoms with Crippen molar-refractivity contribution in [3.05, 3.63) is 40.5 Å². The van der Waals surface area contributed by atoms with Crippen molar-refractivity contribution in [1.82, 2.24) is 15.2 Å². The van der Waals surface area contributed by atoms with Crippen molar-refractivity contribution in [2.45, 2.75) is 6.92 Å². The molecular weight excluding hydrogens is 206 g/mol. The Morgan fingerprint density at radius 2 is 2.25 bits per heavy atom. The minimum atomic E-state index is -0.544. The van der Waals surface area contributed by atoms with Gasteiger partial charge in [0.1, 0.15) is 0 Å². The van der Waals surface area contributed by atoms with Crippen LogP contribution < -0.4 is 5.76 Å². The summed E-state index contributed by atoms with van der Waals surface area (Å²) in [4.78, 5) is 14.0. The molecule has 0 spiro atoms.